The number of rotatable bonds is 8. The highest BCUT2D eigenvalue weighted by Gasteiger charge is 2.35. The highest BCUT2D eigenvalue weighted by molar-refractivity contribution is 6.10. The Balaban J connectivity index is 0.783. The minimum atomic E-state index is -0.0291. The third kappa shape index (κ3) is 6.65. The van der Waals surface area contributed by atoms with E-state index in [4.69, 9.17) is 0 Å². The molecule has 1 aliphatic carbocycles. The van der Waals surface area contributed by atoms with Crippen LogP contribution < -0.4 is 4.90 Å². The summed E-state index contributed by atoms with van der Waals surface area (Å²) >= 11 is 0. The van der Waals surface area contributed by atoms with E-state index in [0.717, 1.165) is 17.1 Å². The van der Waals surface area contributed by atoms with Crippen LogP contribution in [0.3, 0.4) is 0 Å². The topological polar surface area (TPSA) is 8.17 Å². The molecule has 1 aliphatic rings. The van der Waals surface area contributed by atoms with Gasteiger partial charge >= 0.3 is 0 Å². The highest BCUT2D eigenvalue weighted by Crippen LogP contribution is 2.50. The van der Waals surface area contributed by atoms with Gasteiger partial charge in [0.1, 0.15) is 0 Å². The van der Waals surface area contributed by atoms with Gasteiger partial charge in [-0.05, 0) is 140 Å². The van der Waals surface area contributed by atoms with Gasteiger partial charge in [-0.15, -0.1) is 0 Å². The van der Waals surface area contributed by atoms with Crippen molar-refractivity contribution in [1.82, 2.24) is 4.57 Å². The zero-order valence-corrected chi connectivity index (χ0v) is 36.5. The number of hydrogen-bond acceptors (Lipinski definition) is 1. The summed E-state index contributed by atoms with van der Waals surface area (Å²) in [5.41, 5.74) is 22.1. The predicted octanol–water partition coefficient (Wildman–Crippen LogP) is 17.2. The second-order valence-electron chi connectivity index (χ2n) is 17.8. The molecule has 2 heteroatoms. The summed E-state index contributed by atoms with van der Waals surface area (Å²) in [4.78, 5) is 2.34. The minimum absolute atomic E-state index is 0.0291. The van der Waals surface area contributed by atoms with Gasteiger partial charge in [-0.25, -0.2) is 0 Å². The molecule has 0 bridgehead atoms. The van der Waals surface area contributed by atoms with Crippen molar-refractivity contribution >= 4 is 38.9 Å². The third-order valence-corrected chi connectivity index (χ3v) is 13.6. The summed E-state index contributed by atoms with van der Waals surface area (Å²) in [5.74, 6) is 0. The summed E-state index contributed by atoms with van der Waals surface area (Å²) in [6, 6.07) is 88.6. The van der Waals surface area contributed by atoms with Crippen LogP contribution in [0.4, 0.5) is 17.1 Å². The first-order valence-electron chi connectivity index (χ1n) is 22.6. The highest BCUT2D eigenvalue weighted by atomic mass is 15.1. The Morgan fingerprint density at radius 1 is 0.308 bits per heavy atom. The fourth-order valence-electron chi connectivity index (χ4n) is 10.2. The van der Waals surface area contributed by atoms with Crippen molar-refractivity contribution in [2.75, 3.05) is 4.90 Å². The number of aromatic nitrogens is 1. The summed E-state index contributed by atoms with van der Waals surface area (Å²) < 4.78 is 2.37. The molecule has 0 aliphatic heterocycles. The number of para-hydroxylation sites is 3. The van der Waals surface area contributed by atoms with Crippen molar-refractivity contribution < 1.29 is 0 Å². The molecule has 1 aromatic heterocycles. The Morgan fingerprint density at radius 2 is 0.723 bits per heavy atom. The molecular formula is C63H46N2. The van der Waals surface area contributed by atoms with Crippen LogP contribution in [-0.4, -0.2) is 4.57 Å². The SMILES string of the molecule is CC1(C)c2ccccc2-c2ccc(-c3ccc(N(c4ccccc4)c4ccc(-c5ccc(-c6ccc(-c7ccc8c(c7)c7ccccc7n8-c7ccccc7)cc6)cc5)cc4)cc3)cc21. The average Bonchev–Trinajstić information content (AvgIpc) is 3.82. The van der Waals surface area contributed by atoms with Crippen molar-refractivity contribution in [3.63, 3.8) is 0 Å². The largest absolute Gasteiger partial charge is 0.311 e. The van der Waals surface area contributed by atoms with E-state index in [1.807, 2.05) is 0 Å². The van der Waals surface area contributed by atoms with Crippen LogP contribution in [0.5, 0.6) is 0 Å². The number of anilines is 3. The maximum absolute atomic E-state index is 2.40. The molecule has 0 amide bonds. The van der Waals surface area contributed by atoms with Crippen LogP contribution in [0.1, 0.15) is 25.0 Å². The normalized spacial score (nSPS) is 12.6. The molecule has 65 heavy (non-hydrogen) atoms. The number of fused-ring (bicyclic) bond motifs is 6. The van der Waals surface area contributed by atoms with E-state index < -0.39 is 0 Å². The quantitative estimate of drug-likeness (QED) is 0.148. The van der Waals surface area contributed by atoms with Gasteiger partial charge < -0.3 is 9.47 Å². The van der Waals surface area contributed by atoms with Gasteiger partial charge in [0.15, 0.2) is 0 Å². The van der Waals surface area contributed by atoms with E-state index in [-0.39, 0.29) is 5.41 Å². The lowest BCUT2D eigenvalue weighted by Crippen LogP contribution is -2.14. The second-order valence-corrected chi connectivity index (χ2v) is 17.8. The lowest BCUT2D eigenvalue weighted by molar-refractivity contribution is 0.660. The van der Waals surface area contributed by atoms with Gasteiger partial charge in [-0.3, -0.25) is 0 Å². The van der Waals surface area contributed by atoms with Crippen LogP contribution in [0, 0.1) is 0 Å². The van der Waals surface area contributed by atoms with E-state index in [1.165, 1.54) is 94.3 Å². The van der Waals surface area contributed by atoms with Crippen molar-refractivity contribution in [2.24, 2.45) is 0 Å². The Hall–Kier alpha value is -8.20. The van der Waals surface area contributed by atoms with Gasteiger partial charge in [-0.2, -0.15) is 0 Å². The van der Waals surface area contributed by atoms with E-state index in [0.29, 0.717) is 0 Å². The third-order valence-electron chi connectivity index (χ3n) is 13.6. The molecule has 0 spiro atoms. The Bertz CT molecular complexity index is 3510. The number of benzene rings is 10. The molecule has 0 atom stereocenters. The van der Waals surface area contributed by atoms with E-state index in [1.54, 1.807) is 0 Å². The van der Waals surface area contributed by atoms with Gasteiger partial charge in [-0.1, -0.05) is 184 Å². The molecule has 10 aromatic carbocycles. The van der Waals surface area contributed by atoms with E-state index >= 15 is 0 Å². The Kier molecular flexibility index (Phi) is 9.21. The standard InChI is InChI=1S/C63H46N2/c1-63(2)59-19-11-9-17-55(59)56-39-33-50(42-60(56)63)48-31-37-54(38-32-48)64(51-13-5-3-6-14-51)53-35-29-46(30-36-53)45-23-21-43(22-24-45)44-25-27-47(28-26-44)49-34-40-62-58(41-49)57-18-10-12-20-61(57)65(62)52-15-7-4-8-16-52/h3-42H,1-2H3. The monoisotopic (exact) mass is 830 g/mol. The van der Waals surface area contributed by atoms with Gasteiger partial charge in [0.25, 0.3) is 0 Å². The fraction of sp³-hybridized carbons (Fsp3) is 0.0476. The first kappa shape index (κ1) is 38.5. The average molecular weight is 831 g/mol. The first-order valence-corrected chi connectivity index (χ1v) is 22.6. The smallest absolute Gasteiger partial charge is 0.0541 e. The molecule has 308 valence electrons. The predicted molar refractivity (Wildman–Crippen MR) is 275 cm³/mol. The van der Waals surface area contributed by atoms with Crippen LogP contribution >= 0.6 is 0 Å². The summed E-state index contributed by atoms with van der Waals surface area (Å²) in [7, 11) is 0. The number of hydrogen-bond donors (Lipinski definition) is 0. The van der Waals surface area contributed by atoms with Crippen molar-refractivity contribution in [1.29, 1.82) is 0 Å². The zero-order valence-electron chi connectivity index (χ0n) is 36.5. The molecule has 2 nitrogen and oxygen atoms in total. The first-order chi connectivity index (χ1) is 32.0. The molecule has 0 radical (unpaired) electrons. The molecular weight excluding hydrogens is 785 g/mol. The van der Waals surface area contributed by atoms with E-state index in [9.17, 15) is 0 Å². The molecule has 12 rings (SSSR count). The summed E-state index contributed by atoms with van der Waals surface area (Å²) in [5, 5.41) is 2.53. The lowest BCUT2D eigenvalue weighted by Gasteiger charge is -2.26. The molecule has 0 saturated heterocycles. The molecule has 0 fully saturated rings. The molecule has 11 aromatic rings. The van der Waals surface area contributed by atoms with Crippen molar-refractivity contribution in [3.8, 4) is 61.3 Å². The molecule has 0 N–H and O–H groups in total. The van der Waals surface area contributed by atoms with Crippen LogP contribution in [0.2, 0.25) is 0 Å². The minimum Gasteiger partial charge on any atom is -0.311 e. The maximum atomic E-state index is 2.40. The Labute approximate surface area is 381 Å². The lowest BCUT2D eigenvalue weighted by atomic mass is 9.81. The van der Waals surface area contributed by atoms with E-state index in [2.05, 4.69) is 266 Å². The molecule has 0 unspecified atom stereocenters. The molecule has 0 saturated carbocycles. The second kappa shape index (κ2) is 15.6. The summed E-state index contributed by atoms with van der Waals surface area (Å²) in [6.45, 7) is 4.69. The van der Waals surface area contributed by atoms with Crippen LogP contribution in [0.15, 0.2) is 243 Å². The van der Waals surface area contributed by atoms with Crippen LogP contribution in [0.25, 0.3) is 83.1 Å². The number of nitrogens with zero attached hydrogens (tertiary/aromatic N) is 2. The Morgan fingerprint density at radius 3 is 1.34 bits per heavy atom. The fourth-order valence-corrected chi connectivity index (χ4v) is 10.2. The van der Waals surface area contributed by atoms with Gasteiger partial charge in [0.05, 0.1) is 11.0 Å². The molecule has 1 heterocycles. The van der Waals surface area contributed by atoms with Crippen molar-refractivity contribution in [3.05, 3.63) is 254 Å². The van der Waals surface area contributed by atoms with Gasteiger partial charge in [0.2, 0.25) is 0 Å². The van der Waals surface area contributed by atoms with Crippen molar-refractivity contribution in [2.45, 2.75) is 19.3 Å². The van der Waals surface area contributed by atoms with Gasteiger partial charge in [0, 0.05) is 38.9 Å². The maximum Gasteiger partial charge on any atom is 0.0541 e. The zero-order chi connectivity index (χ0) is 43.5. The summed E-state index contributed by atoms with van der Waals surface area (Å²) in [6.07, 6.45) is 0. The van der Waals surface area contributed by atoms with Crippen LogP contribution in [-0.2, 0) is 5.41 Å².